The van der Waals surface area contributed by atoms with Gasteiger partial charge in [-0.15, -0.1) is 0 Å². The highest BCUT2D eigenvalue weighted by atomic mass is 79.9. The predicted octanol–water partition coefficient (Wildman–Crippen LogP) is 8.58. The molecule has 7 nitrogen and oxygen atoms in total. The molecule has 0 spiro atoms. The third-order valence-corrected chi connectivity index (χ3v) is 8.12. The Balaban J connectivity index is 1.22. The van der Waals surface area contributed by atoms with Crippen molar-refractivity contribution in [1.82, 2.24) is 14.2 Å². The van der Waals surface area contributed by atoms with Crippen LogP contribution in [0.25, 0.3) is 39.1 Å². The van der Waals surface area contributed by atoms with E-state index in [1.54, 1.807) is 24.4 Å². The van der Waals surface area contributed by atoms with Crippen LogP contribution in [0.4, 0.5) is 4.39 Å². The number of aryl methyl sites for hydroxylation is 1. The van der Waals surface area contributed by atoms with Gasteiger partial charge in [-0.3, -0.25) is 4.79 Å². The Morgan fingerprint density at radius 3 is 2.60 bits per heavy atom. The first-order valence-corrected chi connectivity index (χ1v) is 15.1. The summed E-state index contributed by atoms with van der Waals surface area (Å²) in [5.74, 6) is 1.14. The van der Waals surface area contributed by atoms with Gasteiger partial charge in [0.15, 0.2) is 5.76 Å². The Bertz CT molecular complexity index is 2300. The summed E-state index contributed by atoms with van der Waals surface area (Å²) in [4.78, 5) is 18.5. The maximum absolute atomic E-state index is 13.7. The van der Waals surface area contributed by atoms with E-state index in [0.29, 0.717) is 33.8 Å². The SMILES string of the molecule is Cc1cc(C=Nn2c(-c3cc4cc(Br)ccc4o3)nc3ccccc3c2=O)c(C)n1-c1ccc(OCc2cccc(F)c2)cc1. The van der Waals surface area contributed by atoms with Crippen molar-refractivity contribution in [1.29, 1.82) is 0 Å². The minimum Gasteiger partial charge on any atom is -0.489 e. The van der Waals surface area contributed by atoms with E-state index in [9.17, 15) is 9.18 Å². The van der Waals surface area contributed by atoms with E-state index >= 15 is 0 Å². The lowest BCUT2D eigenvalue weighted by atomic mass is 10.2. The van der Waals surface area contributed by atoms with Crippen LogP contribution in [0, 0.1) is 19.7 Å². The molecule has 3 aromatic heterocycles. The lowest BCUT2D eigenvalue weighted by molar-refractivity contribution is 0.305. The first-order chi connectivity index (χ1) is 21.8. The largest absolute Gasteiger partial charge is 0.489 e. The van der Waals surface area contributed by atoms with Gasteiger partial charge in [0.05, 0.1) is 17.1 Å². The van der Waals surface area contributed by atoms with Crippen molar-refractivity contribution >= 4 is 44.0 Å². The molecule has 45 heavy (non-hydrogen) atoms. The first-order valence-electron chi connectivity index (χ1n) is 14.3. The van der Waals surface area contributed by atoms with Crippen LogP contribution in [0.2, 0.25) is 0 Å². The molecule has 0 atom stereocenters. The van der Waals surface area contributed by atoms with Gasteiger partial charge in [-0.05, 0) is 98.3 Å². The van der Waals surface area contributed by atoms with E-state index in [4.69, 9.17) is 14.1 Å². The number of aromatic nitrogens is 3. The molecule has 222 valence electrons. The van der Waals surface area contributed by atoms with Crippen LogP contribution < -0.4 is 10.3 Å². The summed E-state index contributed by atoms with van der Waals surface area (Å²) in [6.07, 6.45) is 1.68. The number of fused-ring (bicyclic) bond motifs is 2. The zero-order chi connectivity index (χ0) is 31.1. The molecule has 0 aliphatic heterocycles. The molecule has 7 rings (SSSR count). The van der Waals surface area contributed by atoms with Crippen molar-refractivity contribution in [3.8, 4) is 23.0 Å². The van der Waals surface area contributed by atoms with Crippen molar-refractivity contribution in [3.63, 3.8) is 0 Å². The molecule has 0 aliphatic rings. The summed E-state index contributed by atoms with van der Waals surface area (Å²) >= 11 is 3.50. The van der Waals surface area contributed by atoms with Gasteiger partial charge in [-0.2, -0.15) is 9.78 Å². The van der Waals surface area contributed by atoms with Crippen LogP contribution >= 0.6 is 15.9 Å². The van der Waals surface area contributed by atoms with Crippen molar-refractivity contribution in [2.75, 3.05) is 0 Å². The molecular formula is C36H26BrFN4O3. The molecule has 0 saturated heterocycles. The maximum atomic E-state index is 13.7. The van der Waals surface area contributed by atoms with E-state index < -0.39 is 0 Å². The lowest BCUT2D eigenvalue weighted by Crippen LogP contribution is -2.20. The van der Waals surface area contributed by atoms with Crippen molar-refractivity contribution in [2.45, 2.75) is 20.5 Å². The van der Waals surface area contributed by atoms with Gasteiger partial charge < -0.3 is 13.7 Å². The van der Waals surface area contributed by atoms with Crippen LogP contribution in [-0.2, 0) is 6.61 Å². The summed E-state index contributed by atoms with van der Waals surface area (Å²) in [5.41, 5.74) is 5.44. The minimum absolute atomic E-state index is 0.274. The Labute approximate surface area is 266 Å². The van der Waals surface area contributed by atoms with Crippen molar-refractivity contribution < 1.29 is 13.5 Å². The molecule has 0 bridgehead atoms. The fraction of sp³-hybridized carbons (Fsp3) is 0.0833. The van der Waals surface area contributed by atoms with Crippen LogP contribution in [0.3, 0.4) is 0 Å². The van der Waals surface area contributed by atoms with Crippen LogP contribution in [0.1, 0.15) is 22.5 Å². The van der Waals surface area contributed by atoms with E-state index in [-0.39, 0.29) is 18.0 Å². The zero-order valence-corrected chi connectivity index (χ0v) is 26.0. The normalized spacial score (nSPS) is 11.6. The van der Waals surface area contributed by atoms with Crippen LogP contribution in [-0.4, -0.2) is 20.4 Å². The second-order valence-corrected chi connectivity index (χ2v) is 11.6. The second-order valence-electron chi connectivity index (χ2n) is 10.7. The molecule has 0 unspecified atom stereocenters. The van der Waals surface area contributed by atoms with Crippen molar-refractivity contribution in [3.05, 3.63) is 146 Å². The highest BCUT2D eigenvalue weighted by Crippen LogP contribution is 2.29. The van der Waals surface area contributed by atoms with E-state index in [2.05, 4.69) is 25.6 Å². The highest BCUT2D eigenvalue weighted by Gasteiger charge is 2.17. The molecule has 3 heterocycles. The van der Waals surface area contributed by atoms with E-state index in [1.807, 2.05) is 86.6 Å². The molecule has 0 amide bonds. The third kappa shape index (κ3) is 5.58. The quantitative estimate of drug-likeness (QED) is 0.161. The smallest absolute Gasteiger partial charge is 0.282 e. The lowest BCUT2D eigenvalue weighted by Gasteiger charge is -2.11. The van der Waals surface area contributed by atoms with Gasteiger partial charge in [0, 0.05) is 32.5 Å². The van der Waals surface area contributed by atoms with Gasteiger partial charge >= 0.3 is 0 Å². The van der Waals surface area contributed by atoms with Gasteiger partial charge in [-0.25, -0.2) is 9.37 Å². The first kappa shape index (κ1) is 28.5. The Hall–Kier alpha value is -5.28. The molecule has 0 N–H and O–H groups in total. The Morgan fingerprint density at radius 2 is 1.78 bits per heavy atom. The zero-order valence-electron chi connectivity index (χ0n) is 24.4. The number of nitrogens with zero attached hydrogens (tertiary/aromatic N) is 4. The van der Waals surface area contributed by atoms with Crippen molar-refractivity contribution in [2.24, 2.45) is 5.10 Å². The van der Waals surface area contributed by atoms with Gasteiger partial charge in [0.25, 0.3) is 5.56 Å². The van der Waals surface area contributed by atoms with Crippen LogP contribution in [0.15, 0.2) is 122 Å². The summed E-state index contributed by atoms with van der Waals surface area (Å²) in [6.45, 7) is 4.29. The molecule has 9 heteroatoms. The molecule has 4 aromatic carbocycles. The average molecular weight is 662 g/mol. The fourth-order valence-electron chi connectivity index (χ4n) is 5.44. The predicted molar refractivity (Wildman–Crippen MR) is 178 cm³/mol. The number of halogens is 2. The van der Waals surface area contributed by atoms with Gasteiger partial charge in [-0.1, -0.05) is 40.2 Å². The topological polar surface area (TPSA) is 74.5 Å². The maximum Gasteiger partial charge on any atom is 0.282 e. The number of ether oxygens (including phenoxy) is 1. The second kappa shape index (κ2) is 11.7. The third-order valence-electron chi connectivity index (χ3n) is 7.62. The van der Waals surface area contributed by atoms with Gasteiger partial charge in [0.2, 0.25) is 5.82 Å². The van der Waals surface area contributed by atoms with E-state index in [1.165, 1.54) is 16.8 Å². The summed E-state index contributed by atoms with van der Waals surface area (Å²) < 4.78 is 29.8. The molecule has 0 saturated carbocycles. The molecule has 7 aromatic rings. The molecule has 0 radical (unpaired) electrons. The number of rotatable bonds is 7. The molecular weight excluding hydrogens is 635 g/mol. The molecule has 0 aliphatic carbocycles. The average Bonchev–Trinajstić information content (AvgIpc) is 3.58. The standard InChI is InChI=1S/C36H26BrFN4O3/c1-22-16-26(23(2)41(22)29-11-13-30(14-12-29)44-21-24-6-5-7-28(38)17-24)20-39-42-35(40-32-9-4-3-8-31(32)36(42)43)34-19-25-18-27(37)10-15-33(25)45-34/h3-20H,21H2,1-2H3. The number of furan rings is 1. The highest BCUT2D eigenvalue weighted by molar-refractivity contribution is 9.10. The van der Waals surface area contributed by atoms with Crippen LogP contribution in [0.5, 0.6) is 5.75 Å². The number of para-hydroxylation sites is 1. The summed E-state index contributed by atoms with van der Waals surface area (Å²) in [6, 6.07) is 30.9. The number of benzene rings is 4. The Morgan fingerprint density at radius 1 is 0.956 bits per heavy atom. The number of hydrogen-bond acceptors (Lipinski definition) is 5. The monoisotopic (exact) mass is 660 g/mol. The van der Waals surface area contributed by atoms with Gasteiger partial charge in [0.1, 0.15) is 23.8 Å². The summed E-state index contributed by atoms with van der Waals surface area (Å²) in [7, 11) is 0. The molecule has 0 fully saturated rings. The fourth-order valence-corrected chi connectivity index (χ4v) is 5.81. The Kier molecular flexibility index (Phi) is 7.39. The number of hydrogen-bond donors (Lipinski definition) is 0. The van der Waals surface area contributed by atoms with E-state index in [0.717, 1.165) is 38.1 Å². The summed E-state index contributed by atoms with van der Waals surface area (Å²) in [5, 5.41) is 6.00. The minimum atomic E-state index is -0.295.